The van der Waals surface area contributed by atoms with Gasteiger partial charge in [0.25, 0.3) is 0 Å². The van der Waals surface area contributed by atoms with Crippen molar-refractivity contribution in [3.8, 4) is 0 Å². The first kappa shape index (κ1) is 17.3. The van der Waals surface area contributed by atoms with E-state index in [1.165, 1.54) is 0 Å². The minimum Gasteiger partial charge on any atom is -0.466 e. The molecule has 0 aliphatic carbocycles. The number of fused-ring (bicyclic) bond motifs is 1. The van der Waals surface area contributed by atoms with Gasteiger partial charge in [0.2, 0.25) is 5.91 Å². The summed E-state index contributed by atoms with van der Waals surface area (Å²) in [6.07, 6.45) is 1.75. The maximum absolute atomic E-state index is 12.3. The lowest BCUT2D eigenvalue weighted by atomic mass is 10.0. The second-order valence-electron chi connectivity index (χ2n) is 6.23. The summed E-state index contributed by atoms with van der Waals surface area (Å²) in [5.41, 5.74) is 1.63. The third-order valence-corrected chi connectivity index (χ3v) is 4.65. The first-order valence-electron chi connectivity index (χ1n) is 8.72. The Morgan fingerprint density at radius 2 is 1.92 bits per heavy atom. The fourth-order valence-corrected chi connectivity index (χ4v) is 3.41. The van der Waals surface area contributed by atoms with Gasteiger partial charge in [-0.25, -0.2) is 4.79 Å². The van der Waals surface area contributed by atoms with Gasteiger partial charge in [0.1, 0.15) is 0 Å². The molecule has 2 aromatic rings. The summed E-state index contributed by atoms with van der Waals surface area (Å²) in [4.78, 5) is 40.5. The zero-order valence-corrected chi connectivity index (χ0v) is 14.4. The van der Waals surface area contributed by atoms with Crippen molar-refractivity contribution in [3.05, 3.63) is 34.7 Å². The van der Waals surface area contributed by atoms with Crippen molar-refractivity contribution in [3.63, 3.8) is 0 Å². The van der Waals surface area contributed by atoms with E-state index in [1.807, 2.05) is 24.3 Å². The summed E-state index contributed by atoms with van der Waals surface area (Å²) in [5.74, 6) is -0.367. The standard InChI is InChI=1S/C18H23N3O4/c1-2-25-17(23)8-7-16(22)20-11-9-13(10-12-20)21-15-6-4-3-5-14(15)19-18(21)24/h3-6,13H,2,7-12H2,1H3,(H,19,24). The Balaban J connectivity index is 1.60. The molecule has 1 aromatic carbocycles. The fourth-order valence-electron chi connectivity index (χ4n) is 3.41. The lowest BCUT2D eigenvalue weighted by molar-refractivity contribution is -0.146. The summed E-state index contributed by atoms with van der Waals surface area (Å²) >= 11 is 0. The van der Waals surface area contributed by atoms with Crippen LogP contribution in [0.25, 0.3) is 11.0 Å². The smallest absolute Gasteiger partial charge is 0.326 e. The monoisotopic (exact) mass is 345 g/mol. The van der Waals surface area contributed by atoms with Gasteiger partial charge in [-0.1, -0.05) is 12.1 Å². The minimum absolute atomic E-state index is 0.0298. The maximum atomic E-state index is 12.3. The van der Waals surface area contributed by atoms with Crippen LogP contribution in [0.2, 0.25) is 0 Å². The summed E-state index contributed by atoms with van der Waals surface area (Å²) in [6, 6.07) is 7.72. The largest absolute Gasteiger partial charge is 0.466 e. The predicted octanol–water partition coefficient (Wildman–Crippen LogP) is 1.84. The van der Waals surface area contributed by atoms with Crippen molar-refractivity contribution in [1.29, 1.82) is 0 Å². The van der Waals surface area contributed by atoms with Crippen molar-refractivity contribution in [2.45, 2.75) is 38.6 Å². The number of imidazole rings is 1. The third kappa shape index (κ3) is 3.75. The zero-order valence-electron chi connectivity index (χ0n) is 14.4. The quantitative estimate of drug-likeness (QED) is 0.838. The number of aromatic nitrogens is 2. The number of piperidine rings is 1. The molecule has 1 N–H and O–H groups in total. The van der Waals surface area contributed by atoms with Crippen LogP contribution in [0.3, 0.4) is 0 Å². The Morgan fingerprint density at radius 1 is 1.20 bits per heavy atom. The Labute approximate surface area is 145 Å². The topological polar surface area (TPSA) is 84.4 Å². The number of carbonyl (C=O) groups is 2. The average molecular weight is 345 g/mol. The summed E-state index contributed by atoms with van der Waals surface area (Å²) < 4.78 is 6.65. The van der Waals surface area contributed by atoms with E-state index in [2.05, 4.69) is 4.98 Å². The lowest BCUT2D eigenvalue weighted by Gasteiger charge is -2.32. The van der Waals surface area contributed by atoms with E-state index in [4.69, 9.17) is 4.74 Å². The zero-order chi connectivity index (χ0) is 17.8. The number of rotatable bonds is 5. The second kappa shape index (κ2) is 7.55. The molecule has 7 nitrogen and oxygen atoms in total. The molecule has 3 rings (SSSR count). The van der Waals surface area contributed by atoms with Crippen LogP contribution in [0.15, 0.2) is 29.1 Å². The molecule has 0 saturated carbocycles. The highest BCUT2D eigenvalue weighted by atomic mass is 16.5. The number of esters is 1. The van der Waals surface area contributed by atoms with E-state index in [0.29, 0.717) is 19.7 Å². The van der Waals surface area contributed by atoms with Crippen LogP contribution in [0.5, 0.6) is 0 Å². The first-order chi connectivity index (χ1) is 12.1. The van der Waals surface area contributed by atoms with Gasteiger partial charge in [-0.05, 0) is 31.9 Å². The first-order valence-corrected chi connectivity index (χ1v) is 8.72. The molecule has 1 aromatic heterocycles. The second-order valence-corrected chi connectivity index (χ2v) is 6.23. The van der Waals surface area contributed by atoms with Crippen molar-refractivity contribution in [2.75, 3.05) is 19.7 Å². The number of nitrogens with one attached hydrogen (secondary N) is 1. The van der Waals surface area contributed by atoms with Crippen LogP contribution in [-0.4, -0.2) is 46.0 Å². The summed E-state index contributed by atoms with van der Waals surface area (Å²) in [6.45, 7) is 3.27. The number of amides is 1. The van der Waals surface area contributed by atoms with Gasteiger partial charge in [0.05, 0.1) is 24.1 Å². The number of carbonyl (C=O) groups excluding carboxylic acids is 2. The van der Waals surface area contributed by atoms with Crippen LogP contribution >= 0.6 is 0 Å². The van der Waals surface area contributed by atoms with Gasteiger partial charge < -0.3 is 14.6 Å². The number of benzene rings is 1. The molecule has 1 saturated heterocycles. The fraction of sp³-hybridized carbons (Fsp3) is 0.500. The Bertz CT molecular complexity index is 815. The molecule has 0 unspecified atom stereocenters. The number of hydrogen-bond donors (Lipinski definition) is 1. The number of para-hydroxylation sites is 2. The number of ether oxygens (including phenoxy) is 1. The molecule has 0 spiro atoms. The van der Waals surface area contributed by atoms with E-state index in [1.54, 1.807) is 16.4 Å². The lowest BCUT2D eigenvalue weighted by Crippen LogP contribution is -2.40. The number of H-pyrrole nitrogens is 1. The van der Waals surface area contributed by atoms with E-state index in [9.17, 15) is 14.4 Å². The van der Waals surface area contributed by atoms with E-state index < -0.39 is 0 Å². The van der Waals surface area contributed by atoms with E-state index in [-0.39, 0.29) is 36.4 Å². The Kier molecular flexibility index (Phi) is 5.21. The number of hydrogen-bond acceptors (Lipinski definition) is 4. The van der Waals surface area contributed by atoms with Gasteiger partial charge in [0.15, 0.2) is 0 Å². The third-order valence-electron chi connectivity index (χ3n) is 4.65. The molecule has 1 aliphatic heterocycles. The molecule has 2 heterocycles. The number of likely N-dealkylation sites (tertiary alicyclic amines) is 1. The molecule has 1 aliphatic rings. The van der Waals surface area contributed by atoms with Gasteiger partial charge in [0, 0.05) is 25.6 Å². The van der Waals surface area contributed by atoms with E-state index in [0.717, 1.165) is 23.9 Å². The minimum atomic E-state index is -0.337. The highest BCUT2D eigenvalue weighted by Crippen LogP contribution is 2.25. The van der Waals surface area contributed by atoms with Gasteiger partial charge in [-0.15, -0.1) is 0 Å². The molecular formula is C18H23N3O4. The molecule has 1 amide bonds. The van der Waals surface area contributed by atoms with Crippen molar-refractivity contribution in [1.82, 2.24) is 14.5 Å². The molecule has 134 valence electrons. The van der Waals surface area contributed by atoms with Crippen molar-refractivity contribution in [2.24, 2.45) is 0 Å². The Morgan fingerprint density at radius 3 is 2.64 bits per heavy atom. The van der Waals surface area contributed by atoms with Crippen LogP contribution in [0, 0.1) is 0 Å². The highest BCUT2D eigenvalue weighted by Gasteiger charge is 2.26. The molecule has 1 fully saturated rings. The molecular weight excluding hydrogens is 322 g/mol. The SMILES string of the molecule is CCOC(=O)CCC(=O)N1CCC(n2c(=O)[nH]c3ccccc32)CC1. The van der Waals surface area contributed by atoms with Crippen molar-refractivity contribution < 1.29 is 14.3 Å². The molecule has 0 radical (unpaired) electrons. The van der Waals surface area contributed by atoms with Gasteiger partial charge in [-0.3, -0.25) is 14.2 Å². The normalized spacial score (nSPS) is 15.5. The van der Waals surface area contributed by atoms with Gasteiger partial charge >= 0.3 is 11.7 Å². The van der Waals surface area contributed by atoms with Crippen LogP contribution in [0.4, 0.5) is 0 Å². The van der Waals surface area contributed by atoms with Crippen LogP contribution in [-0.2, 0) is 14.3 Å². The van der Waals surface area contributed by atoms with Crippen molar-refractivity contribution >= 4 is 22.9 Å². The summed E-state index contributed by atoms with van der Waals surface area (Å²) in [5, 5.41) is 0. The predicted molar refractivity (Wildman–Crippen MR) is 93.3 cm³/mol. The van der Waals surface area contributed by atoms with E-state index >= 15 is 0 Å². The molecule has 0 atom stereocenters. The molecule has 25 heavy (non-hydrogen) atoms. The Hall–Kier alpha value is -2.57. The van der Waals surface area contributed by atoms with Crippen LogP contribution < -0.4 is 5.69 Å². The average Bonchev–Trinajstić information content (AvgIpc) is 2.96. The summed E-state index contributed by atoms with van der Waals surface area (Å²) in [7, 11) is 0. The number of nitrogens with zero attached hydrogens (tertiary/aromatic N) is 2. The highest BCUT2D eigenvalue weighted by molar-refractivity contribution is 5.81. The van der Waals surface area contributed by atoms with Gasteiger partial charge in [-0.2, -0.15) is 0 Å². The maximum Gasteiger partial charge on any atom is 0.326 e. The molecule has 7 heteroatoms. The number of aromatic amines is 1. The van der Waals surface area contributed by atoms with Crippen LogP contribution in [0.1, 0.15) is 38.6 Å². The molecule has 0 bridgehead atoms.